The molecule has 25 heavy (non-hydrogen) atoms. The van der Waals surface area contributed by atoms with Gasteiger partial charge in [0.1, 0.15) is 11.5 Å². The van der Waals surface area contributed by atoms with Gasteiger partial charge < -0.3 is 14.9 Å². The molecule has 2 bridgehead atoms. The Morgan fingerprint density at radius 1 is 1.24 bits per heavy atom. The number of esters is 1. The zero-order valence-electron chi connectivity index (χ0n) is 14.7. The molecule has 1 amide bonds. The minimum Gasteiger partial charge on any atom is -0.508 e. The molecule has 1 aliphatic heterocycles. The summed E-state index contributed by atoms with van der Waals surface area (Å²) in [6, 6.07) is 4.11. The van der Waals surface area contributed by atoms with Crippen molar-refractivity contribution in [2.45, 2.75) is 46.1 Å². The second-order valence-electron chi connectivity index (χ2n) is 7.51. The smallest absolute Gasteiger partial charge is 0.313 e. The molecule has 1 heterocycles. The molecule has 1 saturated carbocycles. The zero-order chi connectivity index (χ0) is 18.6. The zero-order valence-corrected chi connectivity index (χ0v) is 14.7. The number of amides is 1. The molecular weight excluding hydrogens is 324 g/mol. The summed E-state index contributed by atoms with van der Waals surface area (Å²) in [5.74, 6) is -1.03. The first-order valence-corrected chi connectivity index (χ1v) is 8.16. The molecule has 134 valence electrons. The van der Waals surface area contributed by atoms with Crippen molar-refractivity contribution in [3.8, 4) is 11.5 Å². The first kappa shape index (κ1) is 17.3. The Labute approximate surface area is 145 Å². The summed E-state index contributed by atoms with van der Waals surface area (Å²) >= 11 is 0. The number of rotatable bonds is 3. The van der Waals surface area contributed by atoms with Crippen LogP contribution >= 0.6 is 0 Å². The molecule has 3 N–H and O–H groups in total. The monoisotopic (exact) mass is 346 g/mol. The Balaban J connectivity index is 1.85. The van der Waals surface area contributed by atoms with Gasteiger partial charge in [-0.15, -0.1) is 0 Å². The van der Waals surface area contributed by atoms with Crippen molar-refractivity contribution in [2.75, 3.05) is 0 Å². The third-order valence-electron chi connectivity index (χ3n) is 6.15. The molecule has 2 unspecified atom stereocenters. The Bertz CT molecular complexity index is 801. The first-order valence-electron chi connectivity index (χ1n) is 8.16. The summed E-state index contributed by atoms with van der Waals surface area (Å²) in [4.78, 5) is 25.0. The second kappa shape index (κ2) is 5.21. The van der Waals surface area contributed by atoms with Crippen LogP contribution in [0.1, 0.15) is 46.1 Å². The van der Waals surface area contributed by atoms with E-state index >= 15 is 0 Å². The molecule has 2 aliphatic rings. The maximum absolute atomic E-state index is 12.8. The number of carbonyl (C=O) groups excluding carboxylic acids is 2. The van der Waals surface area contributed by atoms with E-state index in [0.29, 0.717) is 24.1 Å². The standard InChI is InChI=1S/C18H22N2O5/c1-10(12-6-5-11(21)9-13(12)22)19-20-14(23)18-8-7-17(4,15(24)25-18)16(18,2)3/h5-6,9,21-22H,7-8H2,1-4H3,(H,20,23)/b19-10+. The summed E-state index contributed by atoms with van der Waals surface area (Å²) in [6.07, 6.45) is 1.04. The van der Waals surface area contributed by atoms with Gasteiger partial charge in [0, 0.05) is 17.0 Å². The third-order valence-corrected chi connectivity index (χ3v) is 6.15. The fourth-order valence-electron chi connectivity index (χ4n) is 3.86. The van der Waals surface area contributed by atoms with Crippen molar-refractivity contribution in [3.63, 3.8) is 0 Å². The predicted octanol–water partition coefficient (Wildman–Crippen LogP) is 2.06. The molecule has 1 aromatic carbocycles. The highest BCUT2D eigenvalue weighted by Crippen LogP contribution is 2.65. The maximum atomic E-state index is 12.8. The average molecular weight is 346 g/mol. The fourth-order valence-corrected chi connectivity index (χ4v) is 3.86. The van der Waals surface area contributed by atoms with Crippen molar-refractivity contribution in [2.24, 2.45) is 15.9 Å². The van der Waals surface area contributed by atoms with Gasteiger partial charge in [0.05, 0.1) is 11.1 Å². The normalized spacial score (nSPS) is 30.2. The van der Waals surface area contributed by atoms with E-state index in [9.17, 15) is 19.8 Å². The number of nitrogens with zero attached hydrogens (tertiary/aromatic N) is 1. The number of phenolic OH excluding ortho intramolecular Hbond substituents is 2. The van der Waals surface area contributed by atoms with Gasteiger partial charge >= 0.3 is 5.97 Å². The lowest BCUT2D eigenvalue weighted by Gasteiger charge is -2.34. The molecule has 7 heteroatoms. The van der Waals surface area contributed by atoms with E-state index in [1.165, 1.54) is 18.2 Å². The van der Waals surface area contributed by atoms with Crippen molar-refractivity contribution in [1.82, 2.24) is 5.43 Å². The van der Waals surface area contributed by atoms with Crippen LogP contribution in [0.25, 0.3) is 0 Å². The van der Waals surface area contributed by atoms with Crippen molar-refractivity contribution in [1.29, 1.82) is 0 Å². The molecule has 2 fully saturated rings. The number of hydrogen-bond acceptors (Lipinski definition) is 6. The summed E-state index contributed by atoms with van der Waals surface area (Å²) < 4.78 is 5.50. The maximum Gasteiger partial charge on any atom is 0.313 e. The lowest BCUT2D eigenvalue weighted by atomic mass is 9.66. The Hall–Kier alpha value is -2.57. The Morgan fingerprint density at radius 2 is 1.92 bits per heavy atom. The third kappa shape index (κ3) is 2.14. The molecule has 0 radical (unpaired) electrons. The van der Waals surface area contributed by atoms with E-state index in [0.717, 1.165) is 0 Å². The number of carbonyl (C=O) groups is 2. The molecule has 1 saturated heterocycles. The number of benzene rings is 1. The molecule has 1 aromatic rings. The summed E-state index contributed by atoms with van der Waals surface area (Å²) in [5.41, 5.74) is 0.658. The molecule has 2 atom stereocenters. The van der Waals surface area contributed by atoms with E-state index in [4.69, 9.17) is 4.74 Å². The SMILES string of the molecule is C/C(=N\NC(=O)C12CCC(C)(C(=O)O1)C2(C)C)c1ccc(O)cc1O. The number of hydrazone groups is 1. The van der Waals surface area contributed by atoms with Crippen molar-refractivity contribution < 1.29 is 24.5 Å². The number of phenols is 2. The number of fused-ring (bicyclic) bond motifs is 2. The number of aromatic hydroxyl groups is 2. The Morgan fingerprint density at radius 3 is 2.44 bits per heavy atom. The summed E-state index contributed by atoms with van der Waals surface area (Å²) in [7, 11) is 0. The van der Waals surface area contributed by atoms with Crippen LogP contribution in [0.3, 0.4) is 0 Å². The minimum atomic E-state index is -1.24. The number of hydrogen-bond donors (Lipinski definition) is 3. The van der Waals surface area contributed by atoms with Crippen LogP contribution in [0, 0.1) is 10.8 Å². The largest absolute Gasteiger partial charge is 0.508 e. The van der Waals surface area contributed by atoms with E-state index in [2.05, 4.69) is 10.5 Å². The van der Waals surface area contributed by atoms with Crippen LogP contribution in [0.2, 0.25) is 0 Å². The lowest BCUT2D eigenvalue weighted by Crippen LogP contribution is -2.52. The van der Waals surface area contributed by atoms with Crippen molar-refractivity contribution >= 4 is 17.6 Å². The van der Waals surface area contributed by atoms with E-state index in [1.807, 2.05) is 20.8 Å². The van der Waals surface area contributed by atoms with Gasteiger partial charge in [-0.1, -0.05) is 13.8 Å². The van der Waals surface area contributed by atoms with Crippen LogP contribution < -0.4 is 5.43 Å². The fraction of sp³-hybridized carbons (Fsp3) is 0.500. The van der Waals surface area contributed by atoms with Gasteiger partial charge in [0.15, 0.2) is 5.60 Å². The van der Waals surface area contributed by atoms with Crippen molar-refractivity contribution in [3.05, 3.63) is 23.8 Å². The molecule has 0 aromatic heterocycles. The molecule has 1 aliphatic carbocycles. The van der Waals surface area contributed by atoms with Gasteiger partial charge in [-0.2, -0.15) is 5.10 Å². The van der Waals surface area contributed by atoms with Crippen LogP contribution in [0.4, 0.5) is 0 Å². The van der Waals surface area contributed by atoms with E-state index in [-0.39, 0.29) is 17.5 Å². The summed E-state index contributed by atoms with van der Waals surface area (Å²) in [5, 5.41) is 23.2. The number of nitrogens with one attached hydrogen (secondary N) is 1. The predicted molar refractivity (Wildman–Crippen MR) is 90.1 cm³/mol. The highest BCUT2D eigenvalue weighted by molar-refractivity contribution is 6.02. The molecule has 7 nitrogen and oxygen atoms in total. The van der Waals surface area contributed by atoms with E-state index < -0.39 is 22.3 Å². The van der Waals surface area contributed by atoms with Gasteiger partial charge in [-0.3, -0.25) is 9.59 Å². The van der Waals surface area contributed by atoms with Crippen LogP contribution in [0.5, 0.6) is 11.5 Å². The molecule has 0 spiro atoms. The average Bonchev–Trinajstić information content (AvgIpc) is 2.82. The quantitative estimate of drug-likeness (QED) is 0.441. The number of ether oxygens (including phenoxy) is 1. The molecule has 3 rings (SSSR count). The highest BCUT2D eigenvalue weighted by Gasteiger charge is 2.75. The van der Waals surface area contributed by atoms with Crippen LogP contribution in [0.15, 0.2) is 23.3 Å². The lowest BCUT2D eigenvalue weighted by molar-refractivity contribution is -0.168. The Kier molecular flexibility index (Phi) is 3.60. The second-order valence-corrected chi connectivity index (χ2v) is 7.51. The van der Waals surface area contributed by atoms with Crippen LogP contribution in [-0.2, 0) is 14.3 Å². The van der Waals surface area contributed by atoms with Gasteiger partial charge in [-0.05, 0) is 38.8 Å². The topological polar surface area (TPSA) is 108 Å². The summed E-state index contributed by atoms with van der Waals surface area (Å²) in [6.45, 7) is 7.19. The van der Waals surface area contributed by atoms with E-state index in [1.54, 1.807) is 6.92 Å². The van der Waals surface area contributed by atoms with Crippen LogP contribution in [-0.4, -0.2) is 33.4 Å². The highest BCUT2D eigenvalue weighted by atomic mass is 16.6. The molecular formula is C18H22N2O5. The first-order chi connectivity index (χ1) is 11.5. The van der Waals surface area contributed by atoms with Gasteiger partial charge in [0.2, 0.25) is 0 Å². The van der Waals surface area contributed by atoms with Gasteiger partial charge in [-0.25, -0.2) is 5.43 Å². The minimum absolute atomic E-state index is 0.0677. The van der Waals surface area contributed by atoms with Gasteiger partial charge in [0.25, 0.3) is 5.91 Å².